The average Bonchev–Trinajstić information content (AvgIpc) is 2.67. The zero-order valence-corrected chi connectivity index (χ0v) is 14.5. The number of hydrogen-bond acceptors (Lipinski definition) is 5. The molecule has 0 saturated carbocycles. The summed E-state index contributed by atoms with van der Waals surface area (Å²) in [5.74, 6) is -0.874. The van der Waals surface area contributed by atoms with E-state index in [1.165, 1.54) is 18.3 Å². The minimum absolute atomic E-state index is 0.520. The third-order valence-electron chi connectivity index (χ3n) is 5.11. The Morgan fingerprint density at radius 3 is 2.59 bits per heavy atom. The highest BCUT2D eigenvalue weighted by molar-refractivity contribution is 6.05. The number of rotatable bonds is 3. The second kappa shape index (κ2) is 6.42. The summed E-state index contributed by atoms with van der Waals surface area (Å²) in [7, 11) is 0. The van der Waals surface area contributed by atoms with Crippen molar-refractivity contribution >= 4 is 28.5 Å². The molecule has 2 aromatic carbocycles. The molecule has 0 spiro atoms. The maximum Gasteiger partial charge on any atom is 0.304 e. The Balaban J connectivity index is 2.03. The molecule has 3 aromatic rings. The van der Waals surface area contributed by atoms with Gasteiger partial charge in [0, 0.05) is 34.5 Å². The van der Waals surface area contributed by atoms with Gasteiger partial charge in [0.15, 0.2) is 0 Å². The number of halogens is 1. The van der Waals surface area contributed by atoms with Gasteiger partial charge in [-0.2, -0.15) is 4.39 Å². The maximum atomic E-state index is 14.2. The number of nitro groups is 1. The Bertz CT molecular complexity index is 1110. The Kier molecular flexibility index (Phi) is 4.07. The third-order valence-corrected chi connectivity index (χ3v) is 5.11. The molecule has 1 aromatic heterocycles. The number of pyridine rings is 1. The molecule has 0 fully saturated rings. The van der Waals surface area contributed by atoms with Gasteiger partial charge in [0.05, 0.1) is 16.1 Å². The van der Waals surface area contributed by atoms with Crippen molar-refractivity contribution in [3.8, 4) is 11.3 Å². The van der Waals surface area contributed by atoms with Crippen LogP contribution in [0.4, 0.5) is 15.8 Å². The normalized spacial score (nSPS) is 13.4. The van der Waals surface area contributed by atoms with Crippen molar-refractivity contribution in [2.45, 2.75) is 25.7 Å². The van der Waals surface area contributed by atoms with Crippen molar-refractivity contribution in [2.75, 3.05) is 5.73 Å². The summed E-state index contributed by atoms with van der Waals surface area (Å²) in [6.07, 6.45) is 4.89. The number of aryl methyl sites for hydroxylation is 1. The van der Waals surface area contributed by atoms with Crippen LogP contribution in [0.3, 0.4) is 0 Å². The molecule has 0 bridgehead atoms. The SMILES string of the molecule is N=Cc1c(N)ccc2nc(-c3ccc([N+](=O)[O-])c(F)c3)c3c(c12)CCCC3. The fourth-order valence-electron chi connectivity index (χ4n) is 3.86. The van der Waals surface area contributed by atoms with Gasteiger partial charge in [-0.3, -0.25) is 10.1 Å². The predicted molar refractivity (Wildman–Crippen MR) is 103 cm³/mol. The lowest BCUT2D eigenvalue weighted by molar-refractivity contribution is -0.387. The Labute approximate surface area is 154 Å². The first-order valence-corrected chi connectivity index (χ1v) is 8.70. The number of nitrogens with one attached hydrogen (secondary N) is 1. The van der Waals surface area contributed by atoms with E-state index < -0.39 is 16.4 Å². The van der Waals surface area contributed by atoms with Crippen molar-refractivity contribution in [1.29, 1.82) is 5.41 Å². The quantitative estimate of drug-likeness (QED) is 0.311. The lowest BCUT2D eigenvalue weighted by Crippen LogP contribution is -2.10. The number of anilines is 1. The number of nitrogens with two attached hydrogens (primary N) is 1. The highest BCUT2D eigenvalue weighted by Gasteiger charge is 2.23. The first-order valence-electron chi connectivity index (χ1n) is 8.70. The lowest BCUT2D eigenvalue weighted by Gasteiger charge is -2.22. The van der Waals surface area contributed by atoms with Crippen LogP contribution in [0.15, 0.2) is 30.3 Å². The molecule has 1 heterocycles. The molecule has 0 unspecified atom stereocenters. The zero-order valence-electron chi connectivity index (χ0n) is 14.5. The first kappa shape index (κ1) is 17.1. The molecular formula is C20H17FN4O2. The minimum Gasteiger partial charge on any atom is -0.398 e. The van der Waals surface area contributed by atoms with Crippen LogP contribution in [0.2, 0.25) is 0 Å². The van der Waals surface area contributed by atoms with E-state index in [0.717, 1.165) is 42.2 Å². The summed E-state index contributed by atoms with van der Waals surface area (Å²) in [4.78, 5) is 14.9. The van der Waals surface area contributed by atoms with Crippen LogP contribution >= 0.6 is 0 Å². The molecule has 1 aliphatic rings. The van der Waals surface area contributed by atoms with Gasteiger partial charge in [0.1, 0.15) is 0 Å². The van der Waals surface area contributed by atoms with E-state index in [1.54, 1.807) is 18.2 Å². The van der Waals surface area contributed by atoms with Gasteiger partial charge < -0.3 is 11.1 Å². The summed E-state index contributed by atoms with van der Waals surface area (Å²) >= 11 is 0. The van der Waals surface area contributed by atoms with Crippen molar-refractivity contribution in [2.24, 2.45) is 0 Å². The largest absolute Gasteiger partial charge is 0.398 e. The van der Waals surface area contributed by atoms with Crippen molar-refractivity contribution in [3.63, 3.8) is 0 Å². The summed E-state index contributed by atoms with van der Waals surface area (Å²) in [6, 6.07) is 7.41. The van der Waals surface area contributed by atoms with Crippen LogP contribution in [0.5, 0.6) is 0 Å². The molecule has 7 heteroatoms. The minimum atomic E-state index is -0.874. The molecule has 0 saturated heterocycles. The number of aromatic nitrogens is 1. The van der Waals surface area contributed by atoms with Crippen molar-refractivity contribution < 1.29 is 9.31 Å². The van der Waals surface area contributed by atoms with Gasteiger partial charge in [-0.25, -0.2) is 4.98 Å². The van der Waals surface area contributed by atoms with E-state index >= 15 is 0 Å². The molecule has 4 rings (SSSR count). The number of fused-ring (bicyclic) bond motifs is 3. The van der Waals surface area contributed by atoms with Gasteiger partial charge in [-0.15, -0.1) is 0 Å². The van der Waals surface area contributed by atoms with Crippen molar-refractivity contribution in [1.82, 2.24) is 4.98 Å². The molecular weight excluding hydrogens is 347 g/mol. The Morgan fingerprint density at radius 2 is 1.93 bits per heavy atom. The highest BCUT2D eigenvalue weighted by atomic mass is 19.1. The fraction of sp³-hybridized carbons (Fsp3) is 0.200. The summed E-state index contributed by atoms with van der Waals surface area (Å²) in [5, 5.41) is 19.5. The van der Waals surface area contributed by atoms with Crippen LogP contribution in [0.1, 0.15) is 29.5 Å². The van der Waals surface area contributed by atoms with Crippen molar-refractivity contribution in [3.05, 3.63) is 63.0 Å². The lowest BCUT2D eigenvalue weighted by atomic mass is 9.85. The molecule has 1 aliphatic carbocycles. The number of nitrogen functional groups attached to an aromatic ring is 1. The summed E-state index contributed by atoms with van der Waals surface area (Å²) in [6.45, 7) is 0. The van der Waals surface area contributed by atoms with Crippen LogP contribution < -0.4 is 5.73 Å². The van der Waals surface area contributed by atoms with E-state index in [2.05, 4.69) is 0 Å². The predicted octanol–water partition coefficient (Wildman–Crippen LogP) is 4.41. The number of nitrogens with zero attached hydrogens (tertiary/aromatic N) is 2. The maximum absolute atomic E-state index is 14.2. The average molecular weight is 364 g/mol. The standard InChI is InChI=1S/C20H17FN4O2/c21-15-9-11(5-8-18(15)25(26)27)20-13-4-2-1-3-12(13)19-14(10-22)16(23)6-7-17(19)24-20/h5-10,22H,1-4,23H2. The molecule has 0 radical (unpaired) electrons. The van der Waals surface area contributed by atoms with Crippen LogP contribution in [-0.2, 0) is 12.8 Å². The first-order chi connectivity index (χ1) is 13.0. The molecule has 0 atom stereocenters. The number of hydrogen-bond donors (Lipinski definition) is 2. The van der Waals surface area contributed by atoms with E-state index in [-0.39, 0.29) is 0 Å². The molecule has 0 aliphatic heterocycles. The summed E-state index contributed by atoms with van der Waals surface area (Å²) < 4.78 is 14.2. The molecule has 0 amide bonds. The monoisotopic (exact) mass is 364 g/mol. The molecule has 27 heavy (non-hydrogen) atoms. The van der Waals surface area contributed by atoms with E-state index in [0.29, 0.717) is 28.0 Å². The third kappa shape index (κ3) is 2.71. The van der Waals surface area contributed by atoms with Gasteiger partial charge in [-0.1, -0.05) is 0 Å². The van der Waals surface area contributed by atoms with Gasteiger partial charge >= 0.3 is 5.69 Å². The van der Waals surface area contributed by atoms with Crippen LogP contribution in [0.25, 0.3) is 22.2 Å². The Hall–Kier alpha value is -3.35. The summed E-state index contributed by atoms with van der Waals surface area (Å²) in [5.41, 5.74) is 10.6. The molecule has 136 valence electrons. The van der Waals surface area contributed by atoms with Gasteiger partial charge in [-0.05, 0) is 61.1 Å². The molecule has 6 nitrogen and oxygen atoms in total. The highest BCUT2D eigenvalue weighted by Crippen LogP contribution is 2.38. The van der Waals surface area contributed by atoms with Crippen LogP contribution in [-0.4, -0.2) is 16.1 Å². The topological polar surface area (TPSA) is 106 Å². The second-order valence-corrected chi connectivity index (χ2v) is 6.65. The van der Waals surface area contributed by atoms with Gasteiger partial charge in [0.2, 0.25) is 5.82 Å². The van der Waals surface area contributed by atoms with E-state index in [1.807, 2.05) is 0 Å². The fourth-order valence-corrected chi connectivity index (χ4v) is 3.86. The Morgan fingerprint density at radius 1 is 1.19 bits per heavy atom. The number of nitro benzene ring substituents is 1. The van der Waals surface area contributed by atoms with E-state index in [9.17, 15) is 14.5 Å². The molecule has 3 N–H and O–H groups in total. The zero-order chi connectivity index (χ0) is 19.1. The van der Waals surface area contributed by atoms with Gasteiger partial charge in [0.25, 0.3) is 0 Å². The smallest absolute Gasteiger partial charge is 0.304 e. The number of benzene rings is 2. The van der Waals surface area contributed by atoms with Crippen LogP contribution in [0, 0.1) is 21.3 Å². The van der Waals surface area contributed by atoms with E-state index in [4.69, 9.17) is 16.1 Å². The second-order valence-electron chi connectivity index (χ2n) is 6.65.